The van der Waals surface area contributed by atoms with Crippen molar-refractivity contribution in [2.24, 2.45) is 22.7 Å². The Balaban J connectivity index is 2.57. The molecule has 1 N–H and O–H groups in total. The fourth-order valence-corrected chi connectivity index (χ4v) is 3.41. The molecule has 102 valence electrons. The molecule has 1 saturated carbocycles. The first-order valence-corrected chi connectivity index (χ1v) is 7.44. The average molecular weight is 240 g/mol. The first kappa shape index (κ1) is 15.0. The normalized spacial score (nSPS) is 32.5. The van der Waals surface area contributed by atoms with E-state index in [4.69, 9.17) is 0 Å². The molecule has 0 heterocycles. The minimum Gasteiger partial charge on any atom is -0.396 e. The Morgan fingerprint density at radius 2 is 1.76 bits per heavy atom. The second-order valence-electron chi connectivity index (χ2n) is 7.52. The largest absolute Gasteiger partial charge is 0.396 e. The predicted molar refractivity (Wildman–Crippen MR) is 75.0 cm³/mol. The van der Waals surface area contributed by atoms with Crippen LogP contribution in [0.3, 0.4) is 0 Å². The SMILES string of the molecule is CCC(C)CC1(CO)CCC(C(C)(C)C)CC1. The van der Waals surface area contributed by atoms with Crippen LogP contribution in [-0.2, 0) is 0 Å². The fourth-order valence-electron chi connectivity index (χ4n) is 3.41. The topological polar surface area (TPSA) is 20.2 Å². The Morgan fingerprint density at radius 1 is 1.24 bits per heavy atom. The van der Waals surface area contributed by atoms with Crippen LogP contribution in [0.5, 0.6) is 0 Å². The van der Waals surface area contributed by atoms with Crippen LogP contribution in [0.2, 0.25) is 0 Å². The molecule has 0 saturated heterocycles. The number of aliphatic hydroxyl groups is 1. The number of aliphatic hydroxyl groups excluding tert-OH is 1. The van der Waals surface area contributed by atoms with Gasteiger partial charge in [-0.25, -0.2) is 0 Å². The highest BCUT2D eigenvalue weighted by Gasteiger charge is 2.38. The molecule has 1 fully saturated rings. The van der Waals surface area contributed by atoms with Crippen LogP contribution in [0.25, 0.3) is 0 Å². The van der Waals surface area contributed by atoms with Crippen molar-refractivity contribution in [2.75, 3.05) is 6.61 Å². The summed E-state index contributed by atoms with van der Waals surface area (Å²) in [5, 5.41) is 9.78. The number of hydrogen-bond donors (Lipinski definition) is 1. The van der Waals surface area contributed by atoms with Crippen LogP contribution in [0.4, 0.5) is 0 Å². The Labute approximate surface area is 108 Å². The summed E-state index contributed by atoms with van der Waals surface area (Å²) in [6.07, 6.45) is 7.54. The van der Waals surface area contributed by atoms with Gasteiger partial charge in [0.05, 0.1) is 0 Å². The van der Waals surface area contributed by atoms with E-state index in [0.29, 0.717) is 12.0 Å². The Morgan fingerprint density at radius 3 is 2.12 bits per heavy atom. The number of hydrogen-bond acceptors (Lipinski definition) is 1. The molecule has 0 spiro atoms. The summed E-state index contributed by atoms with van der Waals surface area (Å²) in [5.74, 6) is 1.60. The van der Waals surface area contributed by atoms with E-state index in [0.717, 1.165) is 11.8 Å². The van der Waals surface area contributed by atoms with Crippen LogP contribution in [0.1, 0.15) is 73.1 Å². The summed E-state index contributed by atoms with van der Waals surface area (Å²) in [4.78, 5) is 0. The van der Waals surface area contributed by atoms with Gasteiger partial charge in [0.15, 0.2) is 0 Å². The molecule has 1 unspecified atom stereocenters. The first-order chi connectivity index (χ1) is 7.83. The highest BCUT2D eigenvalue weighted by molar-refractivity contribution is 4.89. The smallest absolute Gasteiger partial charge is 0.0487 e. The van der Waals surface area contributed by atoms with E-state index in [2.05, 4.69) is 34.6 Å². The maximum atomic E-state index is 9.78. The van der Waals surface area contributed by atoms with Crippen molar-refractivity contribution in [3.05, 3.63) is 0 Å². The van der Waals surface area contributed by atoms with Crippen molar-refractivity contribution in [3.63, 3.8) is 0 Å². The Bertz CT molecular complexity index is 218. The first-order valence-electron chi connectivity index (χ1n) is 7.44. The summed E-state index contributed by atoms with van der Waals surface area (Å²) in [6, 6.07) is 0. The van der Waals surface area contributed by atoms with E-state index in [-0.39, 0.29) is 5.41 Å². The summed E-state index contributed by atoms with van der Waals surface area (Å²) in [7, 11) is 0. The molecule has 1 atom stereocenters. The molecule has 1 aliphatic carbocycles. The molecule has 0 amide bonds. The van der Waals surface area contributed by atoms with Crippen molar-refractivity contribution in [1.29, 1.82) is 0 Å². The van der Waals surface area contributed by atoms with Gasteiger partial charge in [-0.05, 0) is 54.8 Å². The second kappa shape index (κ2) is 5.73. The van der Waals surface area contributed by atoms with Gasteiger partial charge < -0.3 is 5.11 Å². The summed E-state index contributed by atoms with van der Waals surface area (Å²) < 4.78 is 0. The van der Waals surface area contributed by atoms with Crippen molar-refractivity contribution in [3.8, 4) is 0 Å². The maximum absolute atomic E-state index is 9.78. The van der Waals surface area contributed by atoms with Gasteiger partial charge >= 0.3 is 0 Å². The molecular formula is C16H32O. The zero-order valence-corrected chi connectivity index (χ0v) is 12.6. The van der Waals surface area contributed by atoms with Gasteiger partial charge in [-0.3, -0.25) is 0 Å². The molecule has 1 nitrogen and oxygen atoms in total. The van der Waals surface area contributed by atoms with Crippen molar-refractivity contribution >= 4 is 0 Å². The maximum Gasteiger partial charge on any atom is 0.0487 e. The second-order valence-corrected chi connectivity index (χ2v) is 7.52. The van der Waals surface area contributed by atoms with Crippen LogP contribution < -0.4 is 0 Å². The van der Waals surface area contributed by atoms with E-state index in [1.165, 1.54) is 38.5 Å². The van der Waals surface area contributed by atoms with E-state index in [1.807, 2.05) is 0 Å². The molecule has 0 aromatic heterocycles. The molecule has 1 aliphatic rings. The third-order valence-electron chi connectivity index (χ3n) is 5.08. The van der Waals surface area contributed by atoms with Gasteiger partial charge in [0, 0.05) is 6.61 Å². The van der Waals surface area contributed by atoms with E-state index >= 15 is 0 Å². The zero-order valence-electron chi connectivity index (χ0n) is 12.6. The highest BCUT2D eigenvalue weighted by Crippen LogP contribution is 2.48. The summed E-state index contributed by atoms with van der Waals surface area (Å²) in [6.45, 7) is 12.1. The molecule has 0 aromatic rings. The van der Waals surface area contributed by atoms with Gasteiger partial charge in [0.1, 0.15) is 0 Å². The predicted octanol–water partition coefficient (Wildman–Crippen LogP) is 4.64. The fraction of sp³-hybridized carbons (Fsp3) is 1.00. The lowest BCUT2D eigenvalue weighted by Gasteiger charge is -2.44. The Kier molecular flexibility index (Phi) is 5.07. The molecule has 1 rings (SSSR count). The monoisotopic (exact) mass is 240 g/mol. The van der Waals surface area contributed by atoms with Crippen LogP contribution >= 0.6 is 0 Å². The standard InChI is InChI=1S/C16H32O/c1-6-13(2)11-16(12-17)9-7-14(8-10-16)15(3,4)5/h13-14,17H,6-12H2,1-5H3. The van der Waals surface area contributed by atoms with E-state index in [1.54, 1.807) is 0 Å². The minimum atomic E-state index is 0.247. The van der Waals surface area contributed by atoms with Gasteiger partial charge in [-0.2, -0.15) is 0 Å². The third kappa shape index (κ3) is 3.98. The van der Waals surface area contributed by atoms with Crippen molar-refractivity contribution in [2.45, 2.75) is 73.1 Å². The highest BCUT2D eigenvalue weighted by atomic mass is 16.3. The van der Waals surface area contributed by atoms with Crippen molar-refractivity contribution < 1.29 is 5.11 Å². The molecule has 0 aliphatic heterocycles. The third-order valence-corrected chi connectivity index (χ3v) is 5.08. The zero-order chi connectivity index (χ0) is 13.1. The molecule has 0 bridgehead atoms. The molecule has 17 heavy (non-hydrogen) atoms. The Hall–Kier alpha value is -0.0400. The summed E-state index contributed by atoms with van der Waals surface area (Å²) in [5.41, 5.74) is 0.690. The minimum absolute atomic E-state index is 0.247. The van der Waals surface area contributed by atoms with Gasteiger partial charge in [0.2, 0.25) is 0 Å². The summed E-state index contributed by atoms with van der Waals surface area (Å²) >= 11 is 0. The van der Waals surface area contributed by atoms with Crippen LogP contribution in [0, 0.1) is 22.7 Å². The van der Waals surface area contributed by atoms with Crippen LogP contribution in [-0.4, -0.2) is 11.7 Å². The lowest BCUT2D eigenvalue weighted by atomic mass is 9.62. The lowest BCUT2D eigenvalue weighted by molar-refractivity contribution is 0.0195. The lowest BCUT2D eigenvalue weighted by Crippen LogP contribution is -2.36. The molecule has 0 aromatic carbocycles. The quantitative estimate of drug-likeness (QED) is 0.759. The molecule has 1 heteroatoms. The van der Waals surface area contributed by atoms with Gasteiger partial charge in [-0.1, -0.05) is 41.0 Å². The van der Waals surface area contributed by atoms with Crippen LogP contribution in [0.15, 0.2) is 0 Å². The van der Waals surface area contributed by atoms with Gasteiger partial charge in [-0.15, -0.1) is 0 Å². The number of rotatable bonds is 4. The van der Waals surface area contributed by atoms with E-state index < -0.39 is 0 Å². The molecular weight excluding hydrogens is 208 g/mol. The average Bonchev–Trinajstić information content (AvgIpc) is 2.28. The molecule has 0 radical (unpaired) electrons. The van der Waals surface area contributed by atoms with E-state index in [9.17, 15) is 5.11 Å². The van der Waals surface area contributed by atoms with Gasteiger partial charge in [0.25, 0.3) is 0 Å². The van der Waals surface area contributed by atoms with Crippen molar-refractivity contribution in [1.82, 2.24) is 0 Å².